The maximum Gasteiger partial charge on any atom is 0.168 e. The highest BCUT2D eigenvalue weighted by molar-refractivity contribution is 5.47. The van der Waals surface area contributed by atoms with Gasteiger partial charge in [-0.3, -0.25) is 0 Å². The number of nitrogens with zero attached hydrogens (tertiary/aromatic N) is 3. The van der Waals surface area contributed by atoms with Crippen LogP contribution in [-0.2, 0) is 0 Å². The number of rotatable bonds is 3. The summed E-state index contributed by atoms with van der Waals surface area (Å²) in [6, 6.07) is 0.827. The van der Waals surface area contributed by atoms with Crippen molar-refractivity contribution in [3.05, 3.63) is 17.7 Å². The molecule has 2 fully saturated rings. The molecule has 1 aromatic heterocycles. The van der Waals surface area contributed by atoms with Gasteiger partial charge in [0, 0.05) is 25.7 Å². The quantitative estimate of drug-likeness (QED) is 0.929. The molecular weight excluding hydrogens is 274 g/mol. The Balaban J connectivity index is 1.59. The van der Waals surface area contributed by atoms with E-state index < -0.39 is 11.6 Å². The van der Waals surface area contributed by atoms with Crippen LogP contribution >= 0.6 is 0 Å². The van der Waals surface area contributed by atoms with Crippen LogP contribution in [0.5, 0.6) is 0 Å². The van der Waals surface area contributed by atoms with Crippen molar-refractivity contribution in [2.45, 2.75) is 25.7 Å². The summed E-state index contributed by atoms with van der Waals surface area (Å²) in [4.78, 5) is 8.27. The van der Waals surface area contributed by atoms with Gasteiger partial charge in [0.15, 0.2) is 23.3 Å². The molecule has 1 aromatic rings. The number of hydrogen-bond donors (Lipinski definition) is 1. The fourth-order valence-corrected chi connectivity index (χ4v) is 3.35. The number of pyridine rings is 1. The molecule has 3 rings (SSSR count). The standard InChI is InChI=1S/C15H22F2N4/c16-12-9-13(17)15(19-14(12)18)21-7-3-11(4-8-21)10-20-5-1-2-6-20/h9,11H,1-8,10H2,(H2,18,19). The molecule has 4 nitrogen and oxygen atoms in total. The Kier molecular flexibility index (Phi) is 4.24. The Morgan fingerprint density at radius 1 is 1.10 bits per heavy atom. The van der Waals surface area contributed by atoms with Crippen molar-refractivity contribution in [3.8, 4) is 0 Å². The number of anilines is 2. The lowest BCUT2D eigenvalue weighted by Gasteiger charge is -2.34. The molecule has 0 aromatic carbocycles. The Morgan fingerprint density at radius 2 is 1.76 bits per heavy atom. The van der Waals surface area contributed by atoms with Crippen molar-refractivity contribution < 1.29 is 8.78 Å². The smallest absolute Gasteiger partial charge is 0.168 e. The van der Waals surface area contributed by atoms with Gasteiger partial charge in [-0.1, -0.05) is 0 Å². The van der Waals surface area contributed by atoms with Crippen LogP contribution < -0.4 is 10.6 Å². The van der Waals surface area contributed by atoms with Gasteiger partial charge in [0.25, 0.3) is 0 Å². The van der Waals surface area contributed by atoms with Crippen LogP contribution in [0.15, 0.2) is 6.07 Å². The Hall–Kier alpha value is -1.43. The topological polar surface area (TPSA) is 45.4 Å². The van der Waals surface area contributed by atoms with E-state index in [2.05, 4.69) is 9.88 Å². The zero-order chi connectivity index (χ0) is 14.8. The van der Waals surface area contributed by atoms with Crippen LogP contribution in [0.2, 0.25) is 0 Å². The molecule has 0 radical (unpaired) electrons. The summed E-state index contributed by atoms with van der Waals surface area (Å²) in [5, 5.41) is 0. The Bertz CT molecular complexity index is 495. The predicted molar refractivity (Wildman–Crippen MR) is 79.2 cm³/mol. The summed E-state index contributed by atoms with van der Waals surface area (Å²) < 4.78 is 27.0. The molecule has 0 aliphatic carbocycles. The number of piperidine rings is 1. The van der Waals surface area contributed by atoms with Gasteiger partial charge in [0.05, 0.1) is 0 Å². The molecule has 0 unspecified atom stereocenters. The first kappa shape index (κ1) is 14.5. The first-order chi connectivity index (χ1) is 10.1. The van der Waals surface area contributed by atoms with Crippen LogP contribution in [-0.4, -0.2) is 42.6 Å². The molecular formula is C15H22F2N4. The number of likely N-dealkylation sites (tertiary alicyclic amines) is 1. The molecule has 21 heavy (non-hydrogen) atoms. The van der Waals surface area contributed by atoms with E-state index in [9.17, 15) is 8.78 Å². The summed E-state index contributed by atoms with van der Waals surface area (Å²) >= 11 is 0. The van der Waals surface area contributed by atoms with E-state index in [-0.39, 0.29) is 11.6 Å². The maximum atomic E-state index is 13.8. The Labute approximate surface area is 123 Å². The Morgan fingerprint density at radius 3 is 2.43 bits per heavy atom. The highest BCUT2D eigenvalue weighted by Gasteiger charge is 2.25. The van der Waals surface area contributed by atoms with Gasteiger partial charge in [-0.25, -0.2) is 13.8 Å². The van der Waals surface area contributed by atoms with Gasteiger partial charge in [-0.15, -0.1) is 0 Å². The molecule has 0 bridgehead atoms. The number of nitrogen functional groups attached to an aromatic ring is 1. The maximum absolute atomic E-state index is 13.8. The molecule has 0 amide bonds. The molecule has 2 saturated heterocycles. The average Bonchev–Trinajstić information content (AvgIpc) is 2.97. The monoisotopic (exact) mass is 296 g/mol. The van der Waals surface area contributed by atoms with Crippen LogP contribution in [0.1, 0.15) is 25.7 Å². The summed E-state index contributed by atoms with van der Waals surface area (Å²) in [6.07, 6.45) is 4.66. The lowest BCUT2D eigenvalue weighted by Crippen LogP contribution is -2.39. The first-order valence-electron chi connectivity index (χ1n) is 7.72. The molecule has 2 aliphatic heterocycles. The van der Waals surface area contributed by atoms with Gasteiger partial charge in [-0.2, -0.15) is 0 Å². The molecule has 0 spiro atoms. The van der Waals surface area contributed by atoms with Gasteiger partial charge in [0.2, 0.25) is 0 Å². The van der Waals surface area contributed by atoms with Gasteiger partial charge < -0.3 is 15.5 Å². The highest BCUT2D eigenvalue weighted by atomic mass is 19.1. The van der Waals surface area contributed by atoms with Gasteiger partial charge in [0.1, 0.15) is 0 Å². The third-order valence-electron chi connectivity index (χ3n) is 4.57. The van der Waals surface area contributed by atoms with Crippen LogP contribution in [0.25, 0.3) is 0 Å². The van der Waals surface area contributed by atoms with E-state index in [1.807, 2.05) is 4.90 Å². The van der Waals surface area contributed by atoms with Crippen molar-refractivity contribution in [2.24, 2.45) is 5.92 Å². The third-order valence-corrected chi connectivity index (χ3v) is 4.57. The first-order valence-corrected chi connectivity index (χ1v) is 7.72. The van der Waals surface area contributed by atoms with Crippen molar-refractivity contribution in [3.63, 3.8) is 0 Å². The van der Waals surface area contributed by atoms with E-state index in [1.54, 1.807) is 0 Å². The van der Waals surface area contributed by atoms with E-state index in [0.29, 0.717) is 5.92 Å². The van der Waals surface area contributed by atoms with Crippen LogP contribution in [0.4, 0.5) is 20.4 Å². The van der Waals surface area contributed by atoms with Crippen molar-refractivity contribution in [1.29, 1.82) is 0 Å². The summed E-state index contributed by atoms with van der Waals surface area (Å²) in [5.74, 6) is -0.792. The zero-order valence-corrected chi connectivity index (χ0v) is 12.2. The van der Waals surface area contributed by atoms with E-state index in [0.717, 1.165) is 38.5 Å². The molecule has 116 valence electrons. The van der Waals surface area contributed by atoms with Crippen LogP contribution in [0.3, 0.4) is 0 Å². The largest absolute Gasteiger partial charge is 0.381 e. The molecule has 3 heterocycles. The van der Waals surface area contributed by atoms with E-state index >= 15 is 0 Å². The van der Waals surface area contributed by atoms with Crippen molar-refractivity contribution in [1.82, 2.24) is 9.88 Å². The lowest BCUT2D eigenvalue weighted by molar-refractivity contribution is 0.249. The molecule has 2 N–H and O–H groups in total. The second kappa shape index (κ2) is 6.13. The van der Waals surface area contributed by atoms with Gasteiger partial charge in [-0.05, 0) is 44.7 Å². The summed E-state index contributed by atoms with van der Waals surface area (Å²) in [5.41, 5.74) is 5.45. The minimum atomic E-state index is -0.792. The fraction of sp³-hybridized carbons (Fsp3) is 0.667. The number of nitrogens with two attached hydrogens (primary N) is 1. The third kappa shape index (κ3) is 3.26. The van der Waals surface area contributed by atoms with E-state index in [1.165, 1.54) is 25.9 Å². The van der Waals surface area contributed by atoms with Crippen molar-refractivity contribution in [2.75, 3.05) is 43.4 Å². The minimum absolute atomic E-state index is 0.188. The number of halogens is 2. The lowest BCUT2D eigenvalue weighted by atomic mass is 9.96. The molecule has 6 heteroatoms. The normalized spacial score (nSPS) is 21.1. The highest BCUT2D eigenvalue weighted by Crippen LogP contribution is 2.27. The molecule has 0 atom stereocenters. The van der Waals surface area contributed by atoms with Crippen molar-refractivity contribution >= 4 is 11.6 Å². The van der Waals surface area contributed by atoms with Gasteiger partial charge >= 0.3 is 0 Å². The number of aromatic nitrogens is 1. The second-order valence-corrected chi connectivity index (χ2v) is 6.10. The molecule has 0 saturated carbocycles. The number of hydrogen-bond acceptors (Lipinski definition) is 4. The second-order valence-electron chi connectivity index (χ2n) is 6.10. The fourth-order valence-electron chi connectivity index (χ4n) is 3.35. The average molecular weight is 296 g/mol. The minimum Gasteiger partial charge on any atom is -0.381 e. The predicted octanol–water partition coefficient (Wildman–Crippen LogP) is 2.25. The van der Waals surface area contributed by atoms with E-state index in [4.69, 9.17) is 5.73 Å². The molecule has 2 aliphatic rings. The zero-order valence-electron chi connectivity index (χ0n) is 12.2. The SMILES string of the molecule is Nc1nc(N2CCC(CN3CCCC3)CC2)c(F)cc1F. The summed E-state index contributed by atoms with van der Waals surface area (Å²) in [6.45, 7) is 5.09. The summed E-state index contributed by atoms with van der Waals surface area (Å²) in [7, 11) is 0. The van der Waals surface area contributed by atoms with Crippen LogP contribution in [0, 0.1) is 17.6 Å².